The van der Waals surface area contributed by atoms with Gasteiger partial charge < -0.3 is 14.5 Å². The van der Waals surface area contributed by atoms with Crippen LogP contribution in [0.1, 0.15) is 48.9 Å². The van der Waals surface area contributed by atoms with E-state index in [0.29, 0.717) is 18.5 Å². The molecular formula is C14H21NO3. The number of hydrogen-bond acceptors (Lipinski definition) is 4. The molecule has 2 rings (SSSR count). The van der Waals surface area contributed by atoms with Crippen LogP contribution in [0.2, 0.25) is 0 Å². The predicted molar refractivity (Wildman–Crippen MR) is 68.3 cm³/mol. The van der Waals surface area contributed by atoms with E-state index in [1.54, 1.807) is 6.07 Å². The second-order valence-electron chi connectivity index (χ2n) is 5.01. The molecule has 1 heterocycles. The maximum Gasteiger partial charge on any atom is 0.373 e. The summed E-state index contributed by atoms with van der Waals surface area (Å²) in [6.45, 7) is 2.96. The van der Waals surface area contributed by atoms with E-state index in [1.165, 1.54) is 32.8 Å². The molecule has 0 saturated heterocycles. The van der Waals surface area contributed by atoms with Gasteiger partial charge in [0.15, 0.2) is 0 Å². The van der Waals surface area contributed by atoms with Crippen LogP contribution in [0, 0.1) is 5.92 Å². The maximum atomic E-state index is 11.2. The molecule has 0 aromatic carbocycles. The normalized spacial score (nSPS) is 23.9. The number of rotatable bonds is 4. The van der Waals surface area contributed by atoms with Gasteiger partial charge in [-0.3, -0.25) is 0 Å². The fourth-order valence-electron chi connectivity index (χ4n) is 2.53. The molecular weight excluding hydrogens is 230 g/mol. The van der Waals surface area contributed by atoms with Crippen molar-refractivity contribution in [2.75, 3.05) is 7.11 Å². The summed E-state index contributed by atoms with van der Waals surface area (Å²) >= 11 is 0. The number of hydrogen-bond donors (Lipinski definition) is 1. The Morgan fingerprint density at radius 2 is 2.22 bits per heavy atom. The zero-order valence-corrected chi connectivity index (χ0v) is 11.1. The average molecular weight is 251 g/mol. The summed E-state index contributed by atoms with van der Waals surface area (Å²) in [5.74, 6) is 1.35. The lowest BCUT2D eigenvalue weighted by Gasteiger charge is -2.29. The fraction of sp³-hybridized carbons (Fsp3) is 0.643. The second-order valence-corrected chi connectivity index (χ2v) is 5.01. The number of furan rings is 1. The Balaban J connectivity index is 1.86. The van der Waals surface area contributed by atoms with Gasteiger partial charge in [-0.1, -0.05) is 19.8 Å². The second kappa shape index (κ2) is 6.05. The molecule has 1 aromatic heterocycles. The van der Waals surface area contributed by atoms with Gasteiger partial charge in [-0.2, -0.15) is 0 Å². The van der Waals surface area contributed by atoms with Crippen molar-refractivity contribution in [3.63, 3.8) is 0 Å². The number of ether oxygens (including phenoxy) is 1. The van der Waals surface area contributed by atoms with Gasteiger partial charge in [-0.05, 0) is 30.9 Å². The molecule has 2 unspecified atom stereocenters. The monoisotopic (exact) mass is 251 g/mol. The van der Waals surface area contributed by atoms with E-state index in [2.05, 4.69) is 17.0 Å². The Morgan fingerprint density at radius 1 is 1.44 bits per heavy atom. The first kappa shape index (κ1) is 13.1. The van der Waals surface area contributed by atoms with Gasteiger partial charge in [0, 0.05) is 6.04 Å². The molecule has 4 nitrogen and oxygen atoms in total. The lowest BCUT2D eigenvalue weighted by molar-refractivity contribution is 0.0562. The minimum absolute atomic E-state index is 0.269. The summed E-state index contributed by atoms with van der Waals surface area (Å²) in [4.78, 5) is 11.2. The van der Waals surface area contributed by atoms with Crippen molar-refractivity contribution in [1.29, 1.82) is 0 Å². The largest absolute Gasteiger partial charge is 0.463 e. The summed E-state index contributed by atoms with van der Waals surface area (Å²) in [7, 11) is 1.35. The Hall–Kier alpha value is -1.29. The first-order valence-corrected chi connectivity index (χ1v) is 6.61. The highest BCUT2D eigenvalue weighted by Gasteiger charge is 2.21. The van der Waals surface area contributed by atoms with E-state index in [1.807, 2.05) is 6.07 Å². The van der Waals surface area contributed by atoms with Gasteiger partial charge in [-0.15, -0.1) is 0 Å². The molecule has 0 radical (unpaired) electrons. The molecule has 18 heavy (non-hydrogen) atoms. The zero-order chi connectivity index (χ0) is 13.0. The summed E-state index contributed by atoms with van der Waals surface area (Å²) in [5, 5.41) is 3.51. The molecule has 4 heteroatoms. The smallest absolute Gasteiger partial charge is 0.373 e. The molecule has 0 spiro atoms. The number of carbonyl (C=O) groups excluding carboxylic acids is 1. The Labute approximate surface area is 108 Å². The lowest BCUT2D eigenvalue weighted by Crippen LogP contribution is -2.36. The van der Waals surface area contributed by atoms with Gasteiger partial charge >= 0.3 is 5.97 Å². The van der Waals surface area contributed by atoms with E-state index >= 15 is 0 Å². The predicted octanol–water partition coefficient (Wildman–Crippen LogP) is 2.73. The third kappa shape index (κ3) is 3.13. The first-order valence-electron chi connectivity index (χ1n) is 6.61. The minimum atomic E-state index is -0.424. The minimum Gasteiger partial charge on any atom is -0.463 e. The number of carbonyl (C=O) groups is 1. The van der Waals surface area contributed by atoms with Crippen LogP contribution in [0.4, 0.5) is 0 Å². The van der Waals surface area contributed by atoms with Crippen molar-refractivity contribution >= 4 is 5.97 Å². The quantitative estimate of drug-likeness (QED) is 0.836. The molecule has 0 amide bonds. The van der Waals surface area contributed by atoms with Crippen molar-refractivity contribution in [2.24, 2.45) is 5.92 Å². The summed E-state index contributed by atoms with van der Waals surface area (Å²) in [6.07, 6.45) is 5.16. The SMILES string of the molecule is COC(=O)c1ccc(CNC2CCCCC2C)o1. The fourth-order valence-corrected chi connectivity index (χ4v) is 2.53. The van der Waals surface area contributed by atoms with Gasteiger partial charge in [-0.25, -0.2) is 4.79 Å². The highest BCUT2D eigenvalue weighted by molar-refractivity contribution is 5.86. The summed E-state index contributed by atoms with van der Waals surface area (Å²) < 4.78 is 10.0. The van der Waals surface area contributed by atoms with Crippen LogP contribution in [0.25, 0.3) is 0 Å². The molecule has 1 aliphatic carbocycles. The average Bonchev–Trinajstić information content (AvgIpc) is 2.86. The van der Waals surface area contributed by atoms with E-state index in [-0.39, 0.29) is 5.76 Å². The van der Waals surface area contributed by atoms with Gasteiger partial charge in [0.05, 0.1) is 13.7 Å². The highest BCUT2D eigenvalue weighted by Crippen LogP contribution is 2.24. The Bertz CT molecular complexity index is 399. The van der Waals surface area contributed by atoms with Crippen molar-refractivity contribution < 1.29 is 13.9 Å². The lowest BCUT2D eigenvalue weighted by atomic mass is 9.86. The van der Waals surface area contributed by atoms with Crippen LogP contribution in [-0.2, 0) is 11.3 Å². The first-order chi connectivity index (χ1) is 8.70. The number of nitrogens with one attached hydrogen (secondary N) is 1. The van der Waals surface area contributed by atoms with E-state index in [0.717, 1.165) is 5.76 Å². The van der Waals surface area contributed by atoms with Crippen molar-refractivity contribution in [3.05, 3.63) is 23.7 Å². The number of esters is 1. The van der Waals surface area contributed by atoms with Crippen LogP contribution in [0.5, 0.6) is 0 Å². The summed E-state index contributed by atoms with van der Waals surface area (Å²) in [6, 6.07) is 4.05. The van der Waals surface area contributed by atoms with Crippen molar-refractivity contribution in [2.45, 2.75) is 45.2 Å². The molecule has 0 bridgehead atoms. The van der Waals surface area contributed by atoms with Crippen LogP contribution < -0.4 is 5.32 Å². The van der Waals surface area contributed by atoms with E-state index in [4.69, 9.17) is 4.42 Å². The van der Waals surface area contributed by atoms with E-state index < -0.39 is 5.97 Å². The molecule has 0 aliphatic heterocycles. The highest BCUT2D eigenvalue weighted by atomic mass is 16.5. The standard InChI is InChI=1S/C14H21NO3/c1-10-5-3-4-6-12(10)15-9-11-7-8-13(18-11)14(16)17-2/h7-8,10,12,15H,3-6,9H2,1-2H3. The third-order valence-electron chi connectivity index (χ3n) is 3.70. The zero-order valence-electron chi connectivity index (χ0n) is 11.1. The van der Waals surface area contributed by atoms with Crippen LogP contribution in [-0.4, -0.2) is 19.1 Å². The van der Waals surface area contributed by atoms with Gasteiger partial charge in [0.1, 0.15) is 5.76 Å². The van der Waals surface area contributed by atoms with Gasteiger partial charge in [0.25, 0.3) is 0 Å². The molecule has 100 valence electrons. The topological polar surface area (TPSA) is 51.5 Å². The molecule has 1 aliphatic rings. The molecule has 1 fully saturated rings. The van der Waals surface area contributed by atoms with Gasteiger partial charge in [0.2, 0.25) is 5.76 Å². The molecule has 1 N–H and O–H groups in total. The van der Waals surface area contributed by atoms with E-state index in [9.17, 15) is 4.79 Å². The Morgan fingerprint density at radius 3 is 2.94 bits per heavy atom. The molecule has 1 saturated carbocycles. The van der Waals surface area contributed by atoms with Crippen molar-refractivity contribution in [1.82, 2.24) is 5.32 Å². The number of methoxy groups -OCH3 is 1. The van der Waals surface area contributed by atoms with Crippen LogP contribution >= 0.6 is 0 Å². The summed E-state index contributed by atoms with van der Waals surface area (Å²) in [5.41, 5.74) is 0. The molecule has 1 aromatic rings. The molecule has 2 atom stereocenters. The van der Waals surface area contributed by atoms with Crippen LogP contribution in [0.3, 0.4) is 0 Å². The maximum absolute atomic E-state index is 11.2. The Kier molecular flexibility index (Phi) is 4.42. The van der Waals surface area contributed by atoms with Crippen molar-refractivity contribution in [3.8, 4) is 0 Å². The van der Waals surface area contributed by atoms with Crippen LogP contribution in [0.15, 0.2) is 16.5 Å². The third-order valence-corrected chi connectivity index (χ3v) is 3.70.